The molecule has 126 valence electrons. The van der Waals surface area contributed by atoms with Gasteiger partial charge in [-0.05, 0) is 18.2 Å². The molecule has 0 spiro atoms. The van der Waals surface area contributed by atoms with Crippen molar-refractivity contribution in [2.24, 2.45) is 0 Å². The molecule has 0 saturated carbocycles. The number of anilines is 1. The number of rotatable bonds is 5. The summed E-state index contributed by atoms with van der Waals surface area (Å²) in [6, 6.07) is 9.84. The van der Waals surface area contributed by atoms with Gasteiger partial charge in [-0.15, -0.1) is 0 Å². The summed E-state index contributed by atoms with van der Waals surface area (Å²) < 4.78 is 43.3. The quantitative estimate of drug-likeness (QED) is 0.666. The molecule has 9 heteroatoms. The molecule has 0 aliphatic carbocycles. The lowest BCUT2D eigenvalue weighted by molar-refractivity contribution is -0.383. The Bertz CT molecular complexity index is 762. The first kappa shape index (κ1) is 17.3. The van der Waals surface area contributed by atoms with Gasteiger partial charge >= 0.3 is 6.18 Å². The number of nitro benzene ring substituents is 1. The molecule has 1 amide bonds. The third-order valence-electron chi connectivity index (χ3n) is 2.93. The summed E-state index contributed by atoms with van der Waals surface area (Å²) >= 11 is 0. The minimum absolute atomic E-state index is 0.0693. The molecule has 0 heterocycles. The normalized spacial score (nSPS) is 11.0. The number of alkyl halides is 3. The molecule has 0 bridgehead atoms. The number of amides is 1. The van der Waals surface area contributed by atoms with E-state index in [2.05, 4.69) is 5.32 Å². The van der Waals surface area contributed by atoms with Crippen molar-refractivity contribution in [3.63, 3.8) is 0 Å². The van der Waals surface area contributed by atoms with Gasteiger partial charge in [-0.1, -0.05) is 24.3 Å². The van der Waals surface area contributed by atoms with Crippen LogP contribution in [-0.2, 0) is 11.0 Å². The van der Waals surface area contributed by atoms with Crippen molar-refractivity contribution < 1.29 is 27.6 Å². The van der Waals surface area contributed by atoms with Gasteiger partial charge in [0, 0.05) is 6.07 Å². The van der Waals surface area contributed by atoms with Crippen LogP contribution in [0, 0.1) is 10.1 Å². The van der Waals surface area contributed by atoms with Crippen molar-refractivity contribution in [1.29, 1.82) is 0 Å². The Morgan fingerprint density at radius 3 is 2.42 bits per heavy atom. The van der Waals surface area contributed by atoms with Gasteiger partial charge < -0.3 is 10.1 Å². The smallest absolute Gasteiger partial charge is 0.419 e. The standard InChI is InChI=1S/C15H11F3N2O4/c16-15(17,18)10-5-1-4-8-13(10)24-9-14(21)19-11-6-2-3-7-12(11)20(22)23/h1-8H,9H2,(H,19,21). The Kier molecular flexibility index (Phi) is 5.02. The van der Waals surface area contributed by atoms with E-state index in [-0.39, 0.29) is 11.4 Å². The highest BCUT2D eigenvalue weighted by Crippen LogP contribution is 2.35. The molecule has 0 radical (unpaired) electrons. The number of benzene rings is 2. The van der Waals surface area contributed by atoms with Gasteiger partial charge in [0.1, 0.15) is 11.4 Å². The van der Waals surface area contributed by atoms with E-state index in [1.165, 1.54) is 36.4 Å². The molecule has 0 unspecified atom stereocenters. The molecule has 24 heavy (non-hydrogen) atoms. The summed E-state index contributed by atoms with van der Waals surface area (Å²) in [4.78, 5) is 21.9. The Hall–Kier alpha value is -3.10. The number of nitrogens with zero attached hydrogens (tertiary/aromatic N) is 1. The van der Waals surface area contributed by atoms with Crippen LogP contribution in [0.1, 0.15) is 5.56 Å². The summed E-state index contributed by atoms with van der Waals surface area (Å²) in [5.74, 6) is -1.32. The van der Waals surface area contributed by atoms with Crippen LogP contribution in [0.15, 0.2) is 48.5 Å². The molecule has 0 atom stereocenters. The second kappa shape index (κ2) is 6.99. The van der Waals surface area contributed by atoms with Crippen LogP contribution in [0.5, 0.6) is 5.75 Å². The first-order chi connectivity index (χ1) is 11.3. The van der Waals surface area contributed by atoms with Crippen molar-refractivity contribution >= 4 is 17.3 Å². The fraction of sp³-hybridized carbons (Fsp3) is 0.133. The Morgan fingerprint density at radius 1 is 1.12 bits per heavy atom. The average Bonchev–Trinajstić information content (AvgIpc) is 2.52. The van der Waals surface area contributed by atoms with E-state index >= 15 is 0 Å². The molecule has 0 aliphatic rings. The predicted molar refractivity (Wildman–Crippen MR) is 78.7 cm³/mol. The van der Waals surface area contributed by atoms with Crippen molar-refractivity contribution in [2.75, 3.05) is 11.9 Å². The zero-order chi connectivity index (χ0) is 17.7. The van der Waals surface area contributed by atoms with Gasteiger partial charge in [0.15, 0.2) is 6.61 Å². The lowest BCUT2D eigenvalue weighted by Crippen LogP contribution is -2.21. The van der Waals surface area contributed by atoms with Crippen LogP contribution in [-0.4, -0.2) is 17.4 Å². The molecule has 6 nitrogen and oxygen atoms in total. The highest BCUT2D eigenvalue weighted by atomic mass is 19.4. The summed E-state index contributed by atoms with van der Waals surface area (Å²) in [5.41, 5.74) is -1.41. The lowest BCUT2D eigenvalue weighted by atomic mass is 10.2. The molecular formula is C15H11F3N2O4. The highest BCUT2D eigenvalue weighted by molar-refractivity contribution is 5.94. The second-order valence-electron chi connectivity index (χ2n) is 4.61. The van der Waals surface area contributed by atoms with Crippen molar-refractivity contribution in [2.45, 2.75) is 6.18 Å². The van der Waals surface area contributed by atoms with Crippen LogP contribution >= 0.6 is 0 Å². The number of ether oxygens (including phenoxy) is 1. The van der Waals surface area contributed by atoms with E-state index in [0.717, 1.165) is 12.1 Å². The van der Waals surface area contributed by atoms with Gasteiger partial charge in [0.05, 0.1) is 10.5 Å². The number of hydrogen-bond donors (Lipinski definition) is 1. The first-order valence-electron chi connectivity index (χ1n) is 6.61. The maximum atomic E-state index is 12.8. The van der Waals surface area contributed by atoms with E-state index in [1.807, 2.05) is 0 Å². The number of nitrogens with one attached hydrogen (secondary N) is 1. The zero-order valence-corrected chi connectivity index (χ0v) is 12.0. The van der Waals surface area contributed by atoms with Gasteiger partial charge in [-0.3, -0.25) is 14.9 Å². The van der Waals surface area contributed by atoms with Gasteiger partial charge in [0.2, 0.25) is 0 Å². The predicted octanol–water partition coefficient (Wildman–Crippen LogP) is 3.63. The van der Waals surface area contributed by atoms with Gasteiger partial charge in [-0.2, -0.15) is 13.2 Å². The monoisotopic (exact) mass is 340 g/mol. The summed E-state index contributed by atoms with van der Waals surface area (Å²) in [5, 5.41) is 13.1. The number of halogens is 3. The van der Waals surface area contributed by atoms with Crippen molar-refractivity contribution in [3.05, 3.63) is 64.2 Å². The first-order valence-corrected chi connectivity index (χ1v) is 6.61. The maximum Gasteiger partial charge on any atom is 0.419 e. The largest absolute Gasteiger partial charge is 0.483 e. The SMILES string of the molecule is O=C(COc1ccccc1C(F)(F)F)Nc1ccccc1[N+](=O)[O-]. The van der Waals surface area contributed by atoms with Crippen LogP contribution in [0.25, 0.3) is 0 Å². The van der Waals surface area contributed by atoms with E-state index in [9.17, 15) is 28.1 Å². The summed E-state index contributed by atoms with van der Waals surface area (Å²) in [6.45, 7) is -0.723. The fourth-order valence-corrected chi connectivity index (χ4v) is 1.89. The minimum Gasteiger partial charge on any atom is -0.483 e. The molecule has 1 N–H and O–H groups in total. The highest BCUT2D eigenvalue weighted by Gasteiger charge is 2.34. The molecule has 2 aromatic carbocycles. The van der Waals surface area contributed by atoms with Gasteiger partial charge in [0.25, 0.3) is 11.6 Å². The van der Waals surface area contributed by atoms with E-state index in [1.54, 1.807) is 0 Å². The van der Waals surface area contributed by atoms with Crippen LogP contribution in [0.3, 0.4) is 0 Å². The molecular weight excluding hydrogens is 329 g/mol. The van der Waals surface area contributed by atoms with Crippen LogP contribution < -0.4 is 10.1 Å². The summed E-state index contributed by atoms with van der Waals surface area (Å²) in [6.07, 6.45) is -4.62. The Morgan fingerprint density at radius 2 is 1.75 bits per heavy atom. The summed E-state index contributed by atoms with van der Waals surface area (Å²) in [7, 11) is 0. The molecule has 2 aromatic rings. The minimum atomic E-state index is -4.62. The topological polar surface area (TPSA) is 81.5 Å². The fourth-order valence-electron chi connectivity index (χ4n) is 1.89. The molecule has 0 fully saturated rings. The number of nitro groups is 1. The van der Waals surface area contributed by atoms with Crippen LogP contribution in [0.2, 0.25) is 0 Å². The zero-order valence-electron chi connectivity index (χ0n) is 12.0. The number of carbonyl (C=O) groups excluding carboxylic acids is 1. The number of hydrogen-bond acceptors (Lipinski definition) is 4. The van der Waals surface area contributed by atoms with Crippen LogP contribution in [0.4, 0.5) is 24.5 Å². The third kappa shape index (κ3) is 4.22. The molecule has 2 rings (SSSR count). The average molecular weight is 340 g/mol. The molecule has 0 aromatic heterocycles. The molecule has 0 saturated heterocycles. The van der Waals surface area contributed by atoms with E-state index < -0.39 is 34.9 Å². The maximum absolute atomic E-state index is 12.8. The third-order valence-corrected chi connectivity index (χ3v) is 2.93. The van der Waals surface area contributed by atoms with Gasteiger partial charge in [-0.25, -0.2) is 0 Å². The van der Waals surface area contributed by atoms with E-state index in [4.69, 9.17) is 4.74 Å². The van der Waals surface area contributed by atoms with Crippen molar-refractivity contribution in [3.8, 4) is 5.75 Å². The van der Waals surface area contributed by atoms with Crippen molar-refractivity contribution in [1.82, 2.24) is 0 Å². The Balaban J connectivity index is 2.07. The molecule has 0 aliphatic heterocycles. The number of para-hydroxylation sites is 3. The van der Waals surface area contributed by atoms with E-state index in [0.29, 0.717) is 0 Å². The number of carbonyl (C=O) groups is 1. The Labute approximate surface area is 134 Å². The second-order valence-corrected chi connectivity index (χ2v) is 4.61. The lowest BCUT2D eigenvalue weighted by Gasteiger charge is -2.13.